The lowest BCUT2D eigenvalue weighted by molar-refractivity contribution is -0.144. The van der Waals surface area contributed by atoms with Crippen molar-refractivity contribution in [2.75, 3.05) is 25.5 Å². The highest BCUT2D eigenvalue weighted by Crippen LogP contribution is 2.28. The van der Waals surface area contributed by atoms with Crippen LogP contribution in [0.25, 0.3) is 0 Å². The number of carbonyl (C=O) groups is 3. The van der Waals surface area contributed by atoms with Crippen LogP contribution in [0, 0.1) is 0 Å². The highest BCUT2D eigenvalue weighted by molar-refractivity contribution is 5.77. The molecule has 27 heavy (non-hydrogen) atoms. The van der Waals surface area contributed by atoms with Crippen LogP contribution >= 0.6 is 0 Å². The summed E-state index contributed by atoms with van der Waals surface area (Å²) in [5.74, 6) is 3.34. The number of hydrogen-bond donors (Lipinski definition) is 3. The number of nitrogens with two attached hydrogens (primary N) is 1. The van der Waals surface area contributed by atoms with Gasteiger partial charge in [-0.15, -0.1) is 5.10 Å². The molecule has 0 radical (unpaired) electrons. The third kappa shape index (κ3) is 6.29. The summed E-state index contributed by atoms with van der Waals surface area (Å²) in [6, 6.07) is -0.442. The Balaban J connectivity index is 2.26. The zero-order chi connectivity index (χ0) is 20.0. The van der Waals surface area contributed by atoms with Crippen molar-refractivity contribution < 1.29 is 24.6 Å². The molecule has 0 spiro atoms. The maximum absolute atomic E-state index is 11.8. The number of rotatable bonds is 10. The average Bonchev–Trinajstić information content (AvgIpc) is 2.97. The van der Waals surface area contributed by atoms with Crippen LogP contribution in [0.5, 0.6) is 0 Å². The molecular weight excluding hydrogens is 356 g/mol. The number of nitrogen functional groups attached to an aromatic ring is 1. The predicted octanol–water partition coefficient (Wildman–Crippen LogP) is -0.835. The first-order valence-electron chi connectivity index (χ1n) is 8.83. The zero-order valence-electron chi connectivity index (χ0n) is 15.3. The van der Waals surface area contributed by atoms with Gasteiger partial charge in [-0.3, -0.25) is 24.2 Å². The minimum absolute atomic E-state index is 0.0394. The summed E-state index contributed by atoms with van der Waals surface area (Å²) in [6.45, 7) is 1.25. The van der Waals surface area contributed by atoms with E-state index in [9.17, 15) is 24.6 Å². The van der Waals surface area contributed by atoms with E-state index in [4.69, 9.17) is 5.84 Å². The van der Waals surface area contributed by atoms with Gasteiger partial charge in [0.25, 0.3) is 0 Å². The number of aromatic nitrogens is 3. The van der Waals surface area contributed by atoms with Gasteiger partial charge in [0.1, 0.15) is 5.78 Å². The topological polar surface area (TPSA) is 155 Å². The molecule has 0 aliphatic heterocycles. The van der Waals surface area contributed by atoms with E-state index in [2.05, 4.69) is 10.3 Å². The first kappa shape index (κ1) is 20.8. The first-order chi connectivity index (χ1) is 12.8. The number of carbonyl (C=O) groups excluding carboxylic acids is 1. The molecule has 1 saturated carbocycles. The van der Waals surface area contributed by atoms with Gasteiger partial charge in [-0.05, 0) is 25.0 Å². The van der Waals surface area contributed by atoms with Gasteiger partial charge < -0.3 is 16.1 Å². The zero-order valence-corrected chi connectivity index (χ0v) is 15.3. The second-order valence-electron chi connectivity index (χ2n) is 6.91. The highest BCUT2D eigenvalue weighted by Gasteiger charge is 2.36. The molecule has 1 aromatic heterocycles. The van der Waals surface area contributed by atoms with Crippen molar-refractivity contribution in [1.29, 1.82) is 0 Å². The lowest BCUT2D eigenvalue weighted by Crippen LogP contribution is -2.56. The van der Waals surface area contributed by atoms with E-state index in [-0.39, 0.29) is 37.5 Å². The SMILES string of the molecule is CC(=O)CN(Cc1cn(N)nn1)C1CCCCC1N(CC(=O)O)CC(=O)O. The molecule has 1 fully saturated rings. The summed E-state index contributed by atoms with van der Waals surface area (Å²) in [5, 5.41) is 26.0. The van der Waals surface area contributed by atoms with Gasteiger partial charge >= 0.3 is 11.9 Å². The molecule has 150 valence electrons. The van der Waals surface area contributed by atoms with Crippen LogP contribution in [0.2, 0.25) is 0 Å². The monoisotopic (exact) mass is 382 g/mol. The summed E-state index contributed by atoms with van der Waals surface area (Å²) >= 11 is 0. The summed E-state index contributed by atoms with van der Waals surface area (Å²) in [5.41, 5.74) is 0.589. The molecule has 11 heteroatoms. The van der Waals surface area contributed by atoms with E-state index in [1.165, 1.54) is 11.8 Å². The van der Waals surface area contributed by atoms with Crippen molar-refractivity contribution in [3.63, 3.8) is 0 Å². The van der Waals surface area contributed by atoms with E-state index in [1.54, 1.807) is 6.20 Å². The van der Waals surface area contributed by atoms with Gasteiger partial charge in [0.05, 0.1) is 31.5 Å². The molecule has 0 saturated heterocycles. The molecule has 0 bridgehead atoms. The standard InChI is InChI=1S/C16H26N6O5/c1-11(23)6-20(7-12-8-22(17)19-18-12)13-4-2-3-5-14(13)21(9-15(24)25)10-16(26)27/h8,13-14H,2-7,9-10,17H2,1H3,(H,24,25)(H,26,27). The largest absolute Gasteiger partial charge is 0.480 e. The predicted molar refractivity (Wildman–Crippen MR) is 94.2 cm³/mol. The normalized spacial score (nSPS) is 20.1. The molecule has 11 nitrogen and oxygen atoms in total. The van der Waals surface area contributed by atoms with Crippen LogP contribution in [0.15, 0.2) is 6.20 Å². The second-order valence-corrected chi connectivity index (χ2v) is 6.91. The van der Waals surface area contributed by atoms with Gasteiger partial charge in [-0.1, -0.05) is 12.8 Å². The fraction of sp³-hybridized carbons (Fsp3) is 0.688. The van der Waals surface area contributed by atoms with Crippen LogP contribution in [-0.4, -0.2) is 84.6 Å². The van der Waals surface area contributed by atoms with Gasteiger partial charge in [0, 0.05) is 18.6 Å². The molecule has 1 heterocycles. The number of carboxylic acids is 2. The number of aliphatic carboxylic acids is 2. The van der Waals surface area contributed by atoms with E-state index in [1.807, 2.05) is 4.90 Å². The highest BCUT2D eigenvalue weighted by atomic mass is 16.4. The Morgan fingerprint density at radius 1 is 1.11 bits per heavy atom. The molecule has 2 atom stereocenters. The lowest BCUT2D eigenvalue weighted by Gasteiger charge is -2.43. The Morgan fingerprint density at radius 2 is 1.67 bits per heavy atom. The number of Topliss-reactive ketones (excluding diaryl/α,β-unsaturated/α-hetero) is 1. The third-order valence-corrected chi connectivity index (χ3v) is 4.66. The molecule has 1 aromatic rings. The molecule has 0 aromatic carbocycles. The maximum atomic E-state index is 11.8. The Bertz CT molecular complexity index is 662. The number of carboxylic acid groups (broad SMARTS) is 2. The van der Waals surface area contributed by atoms with Crippen molar-refractivity contribution in [1.82, 2.24) is 24.9 Å². The molecule has 2 rings (SSSR count). The number of nitrogens with zero attached hydrogens (tertiary/aromatic N) is 5. The van der Waals surface area contributed by atoms with Crippen molar-refractivity contribution in [2.24, 2.45) is 0 Å². The average molecular weight is 382 g/mol. The number of ketones is 1. The molecule has 1 aliphatic carbocycles. The fourth-order valence-electron chi connectivity index (χ4n) is 3.75. The Kier molecular flexibility index (Phi) is 7.25. The summed E-state index contributed by atoms with van der Waals surface area (Å²) in [6.07, 6.45) is 4.77. The van der Waals surface area contributed by atoms with Gasteiger partial charge in [-0.2, -0.15) is 4.79 Å². The Morgan fingerprint density at radius 3 is 2.11 bits per heavy atom. The second kappa shape index (κ2) is 9.42. The minimum atomic E-state index is -1.08. The fourth-order valence-corrected chi connectivity index (χ4v) is 3.75. The van der Waals surface area contributed by atoms with Crippen LogP contribution in [-0.2, 0) is 20.9 Å². The quantitative estimate of drug-likeness (QED) is 0.436. The first-order valence-corrected chi connectivity index (χ1v) is 8.83. The van der Waals surface area contributed by atoms with Gasteiger partial charge in [0.2, 0.25) is 0 Å². The molecule has 0 amide bonds. The van der Waals surface area contributed by atoms with Crippen LogP contribution in [0.4, 0.5) is 0 Å². The van der Waals surface area contributed by atoms with E-state index < -0.39 is 11.9 Å². The maximum Gasteiger partial charge on any atom is 0.317 e. The molecular formula is C16H26N6O5. The third-order valence-electron chi connectivity index (χ3n) is 4.66. The van der Waals surface area contributed by atoms with E-state index in [0.717, 1.165) is 24.1 Å². The van der Waals surface area contributed by atoms with Crippen LogP contribution < -0.4 is 5.84 Å². The minimum Gasteiger partial charge on any atom is -0.480 e. The van der Waals surface area contributed by atoms with Crippen LogP contribution in [0.1, 0.15) is 38.3 Å². The molecule has 1 aliphatic rings. The van der Waals surface area contributed by atoms with E-state index >= 15 is 0 Å². The summed E-state index contributed by atoms with van der Waals surface area (Å²) in [7, 11) is 0. The Labute approximate surface area is 156 Å². The van der Waals surface area contributed by atoms with Crippen molar-refractivity contribution in [3.05, 3.63) is 11.9 Å². The lowest BCUT2D eigenvalue weighted by atomic mass is 9.87. The molecule has 4 N–H and O–H groups in total. The summed E-state index contributed by atoms with van der Waals surface area (Å²) in [4.78, 5) is 38.8. The van der Waals surface area contributed by atoms with Crippen molar-refractivity contribution in [3.8, 4) is 0 Å². The Hall–Kier alpha value is -2.53. The van der Waals surface area contributed by atoms with Crippen LogP contribution in [0.3, 0.4) is 0 Å². The van der Waals surface area contributed by atoms with Gasteiger partial charge in [0.15, 0.2) is 0 Å². The summed E-state index contributed by atoms with van der Waals surface area (Å²) < 4.78 is 0. The van der Waals surface area contributed by atoms with Crippen molar-refractivity contribution in [2.45, 2.75) is 51.2 Å². The van der Waals surface area contributed by atoms with Crippen molar-refractivity contribution >= 4 is 17.7 Å². The molecule has 2 unspecified atom stereocenters. The smallest absolute Gasteiger partial charge is 0.317 e. The number of hydrogen-bond acceptors (Lipinski definition) is 8. The van der Waals surface area contributed by atoms with E-state index in [0.29, 0.717) is 18.7 Å². The van der Waals surface area contributed by atoms with Gasteiger partial charge in [-0.25, -0.2) is 0 Å².